The van der Waals surface area contributed by atoms with Crippen LogP contribution >= 0.6 is 0 Å². The van der Waals surface area contributed by atoms with Crippen molar-refractivity contribution in [2.45, 2.75) is 79.2 Å². The molecule has 0 bridgehead atoms. The molecule has 1 N–H and O–H groups in total. The summed E-state index contributed by atoms with van der Waals surface area (Å²) in [5.41, 5.74) is -0.523. The Balaban J connectivity index is 3.13. The maximum atomic E-state index is 13.0. The molecular weight excluding hydrogens is 328 g/mol. The van der Waals surface area contributed by atoms with E-state index >= 15 is 0 Å². The summed E-state index contributed by atoms with van der Waals surface area (Å²) in [6.45, 7) is 11.5. The third-order valence-electron chi connectivity index (χ3n) is 5.44. The second-order valence-corrected chi connectivity index (χ2v) is 8.69. The van der Waals surface area contributed by atoms with E-state index in [9.17, 15) is 14.7 Å². The number of aliphatic hydroxyl groups is 1. The van der Waals surface area contributed by atoms with E-state index in [0.717, 1.165) is 18.4 Å². The van der Waals surface area contributed by atoms with Crippen LogP contribution in [0.4, 0.5) is 0 Å². The van der Waals surface area contributed by atoms with E-state index in [1.165, 1.54) is 6.92 Å². The van der Waals surface area contributed by atoms with Gasteiger partial charge < -0.3 is 9.84 Å². The van der Waals surface area contributed by atoms with Crippen molar-refractivity contribution in [2.24, 2.45) is 17.3 Å². The lowest BCUT2D eigenvalue weighted by molar-refractivity contribution is -0.147. The highest BCUT2D eigenvalue weighted by atomic mass is 16.5. The quantitative estimate of drug-likeness (QED) is 0.586. The smallest absolute Gasteiger partial charge is 0.302 e. The number of carbonyl (C=O) groups is 2. The van der Waals surface area contributed by atoms with E-state index in [2.05, 4.69) is 19.9 Å². The summed E-state index contributed by atoms with van der Waals surface area (Å²) < 4.78 is 5.23. The number of ether oxygens (including phenoxy) is 1. The number of hydrogen-bond acceptors (Lipinski definition) is 4. The number of allylic oxidation sites excluding steroid dienone is 3. The van der Waals surface area contributed by atoms with Gasteiger partial charge in [-0.1, -0.05) is 37.6 Å². The van der Waals surface area contributed by atoms with E-state index in [1.54, 1.807) is 0 Å². The van der Waals surface area contributed by atoms with Crippen LogP contribution in [-0.4, -0.2) is 29.1 Å². The molecule has 0 spiro atoms. The first-order valence-corrected chi connectivity index (χ1v) is 9.69. The van der Waals surface area contributed by atoms with Gasteiger partial charge in [0.05, 0.1) is 11.0 Å². The van der Waals surface area contributed by atoms with E-state index < -0.39 is 11.0 Å². The molecule has 26 heavy (non-hydrogen) atoms. The molecule has 1 aliphatic carbocycles. The number of hydrogen-bond donors (Lipinski definition) is 1. The van der Waals surface area contributed by atoms with Crippen LogP contribution in [0, 0.1) is 17.3 Å². The predicted octanol–water partition coefficient (Wildman–Crippen LogP) is 4.61. The summed E-state index contributed by atoms with van der Waals surface area (Å²) >= 11 is 0. The molecule has 148 valence electrons. The maximum Gasteiger partial charge on any atom is 0.302 e. The van der Waals surface area contributed by atoms with Gasteiger partial charge in [0.1, 0.15) is 12.4 Å². The molecule has 0 radical (unpaired) electrons. The van der Waals surface area contributed by atoms with Gasteiger partial charge in [0.2, 0.25) is 0 Å². The second kappa shape index (κ2) is 9.50. The second-order valence-electron chi connectivity index (χ2n) is 8.69. The molecule has 0 aromatic heterocycles. The van der Waals surface area contributed by atoms with Gasteiger partial charge in [0, 0.05) is 13.3 Å². The maximum absolute atomic E-state index is 13.0. The Morgan fingerprint density at radius 2 is 2.00 bits per heavy atom. The number of Topliss-reactive ketones (excluding diaryl/α,β-unsaturated/α-hetero) is 1. The van der Waals surface area contributed by atoms with E-state index in [1.807, 2.05) is 32.9 Å². The molecule has 1 aliphatic rings. The Morgan fingerprint density at radius 1 is 1.35 bits per heavy atom. The fraction of sp³-hybridized carbons (Fsp3) is 0.727. The van der Waals surface area contributed by atoms with Crippen LogP contribution in [0.3, 0.4) is 0 Å². The Labute approximate surface area is 158 Å². The molecule has 0 saturated heterocycles. The SMILES string of the molecule is CC(=O)OC[C@@]1(C)CCC(C(C)C)/C=C/[C@](C)(O)CC/C=C(\C)CC1=O. The van der Waals surface area contributed by atoms with E-state index in [0.29, 0.717) is 25.2 Å². The Hall–Kier alpha value is -1.42. The Kier molecular flexibility index (Phi) is 8.26. The molecule has 4 nitrogen and oxygen atoms in total. The van der Waals surface area contributed by atoms with Gasteiger partial charge in [-0.25, -0.2) is 0 Å². The van der Waals surface area contributed by atoms with Gasteiger partial charge in [0.15, 0.2) is 0 Å². The molecule has 0 aliphatic heterocycles. The van der Waals surface area contributed by atoms with Crippen molar-refractivity contribution >= 4 is 11.8 Å². The normalized spacial score (nSPS) is 34.8. The third kappa shape index (κ3) is 7.45. The number of carbonyl (C=O) groups excluding carboxylic acids is 2. The van der Waals surface area contributed by atoms with E-state index in [-0.39, 0.29) is 24.3 Å². The van der Waals surface area contributed by atoms with Crippen molar-refractivity contribution in [1.82, 2.24) is 0 Å². The monoisotopic (exact) mass is 364 g/mol. The zero-order valence-corrected chi connectivity index (χ0v) is 17.3. The van der Waals surface area contributed by atoms with Gasteiger partial charge in [-0.2, -0.15) is 0 Å². The Morgan fingerprint density at radius 3 is 2.58 bits per heavy atom. The first kappa shape index (κ1) is 22.6. The molecule has 0 fully saturated rings. The topological polar surface area (TPSA) is 63.6 Å². The Bertz CT molecular complexity index is 556. The van der Waals surface area contributed by atoms with Crippen molar-refractivity contribution in [3.63, 3.8) is 0 Å². The van der Waals surface area contributed by atoms with Crippen molar-refractivity contribution < 1.29 is 19.4 Å². The van der Waals surface area contributed by atoms with Crippen molar-refractivity contribution in [1.29, 1.82) is 0 Å². The van der Waals surface area contributed by atoms with Crippen LogP contribution in [0.15, 0.2) is 23.8 Å². The van der Waals surface area contributed by atoms with Gasteiger partial charge in [-0.3, -0.25) is 9.59 Å². The molecule has 3 atom stereocenters. The largest absolute Gasteiger partial charge is 0.465 e. The first-order chi connectivity index (χ1) is 11.9. The lowest BCUT2D eigenvalue weighted by Gasteiger charge is -2.30. The third-order valence-corrected chi connectivity index (χ3v) is 5.44. The highest BCUT2D eigenvalue weighted by Crippen LogP contribution is 2.33. The minimum Gasteiger partial charge on any atom is -0.465 e. The zero-order valence-electron chi connectivity index (χ0n) is 17.3. The summed E-state index contributed by atoms with van der Waals surface area (Å²) in [7, 11) is 0. The summed E-state index contributed by atoms with van der Waals surface area (Å²) in [6.07, 6.45) is 9.22. The van der Waals surface area contributed by atoms with E-state index in [4.69, 9.17) is 4.74 Å². The van der Waals surface area contributed by atoms with Crippen LogP contribution in [0.2, 0.25) is 0 Å². The highest BCUT2D eigenvalue weighted by Gasteiger charge is 2.35. The molecule has 0 amide bonds. The molecule has 0 aromatic carbocycles. The van der Waals surface area contributed by atoms with Crippen LogP contribution in [0.5, 0.6) is 0 Å². The molecule has 0 saturated carbocycles. The van der Waals surface area contributed by atoms with Crippen LogP contribution < -0.4 is 0 Å². The van der Waals surface area contributed by atoms with Crippen molar-refractivity contribution in [3.05, 3.63) is 23.8 Å². The fourth-order valence-corrected chi connectivity index (χ4v) is 3.25. The summed E-state index contributed by atoms with van der Waals surface area (Å²) in [5.74, 6) is 0.427. The fourth-order valence-electron chi connectivity index (χ4n) is 3.25. The molecule has 1 rings (SSSR count). The van der Waals surface area contributed by atoms with Crippen LogP contribution in [0.25, 0.3) is 0 Å². The summed E-state index contributed by atoms with van der Waals surface area (Å²) in [5, 5.41) is 10.6. The number of ketones is 1. The van der Waals surface area contributed by atoms with Crippen molar-refractivity contribution in [2.75, 3.05) is 6.61 Å². The average molecular weight is 365 g/mol. The highest BCUT2D eigenvalue weighted by molar-refractivity contribution is 5.86. The summed E-state index contributed by atoms with van der Waals surface area (Å²) in [4.78, 5) is 24.2. The van der Waals surface area contributed by atoms with Gasteiger partial charge in [-0.05, 0) is 58.3 Å². The minimum atomic E-state index is -0.844. The molecule has 1 unspecified atom stereocenters. The molecule has 4 heteroatoms. The average Bonchev–Trinajstić information content (AvgIpc) is 2.51. The number of rotatable bonds is 3. The predicted molar refractivity (Wildman–Crippen MR) is 105 cm³/mol. The lowest BCUT2D eigenvalue weighted by Crippen LogP contribution is -2.34. The molecule has 0 aromatic rings. The molecular formula is C22H36O4. The zero-order chi connectivity index (χ0) is 20.0. The van der Waals surface area contributed by atoms with Crippen molar-refractivity contribution in [3.8, 4) is 0 Å². The lowest BCUT2D eigenvalue weighted by atomic mass is 9.76. The van der Waals surface area contributed by atoms with Gasteiger partial charge >= 0.3 is 5.97 Å². The van der Waals surface area contributed by atoms with Gasteiger partial charge in [-0.15, -0.1) is 0 Å². The minimum absolute atomic E-state index is 0.116. The van der Waals surface area contributed by atoms with Crippen LogP contribution in [0.1, 0.15) is 73.6 Å². The summed E-state index contributed by atoms with van der Waals surface area (Å²) in [6, 6.07) is 0. The first-order valence-electron chi connectivity index (χ1n) is 9.69. The van der Waals surface area contributed by atoms with Crippen LogP contribution in [-0.2, 0) is 14.3 Å². The standard InChI is InChI=1S/C22H36O4/c1-16(2)19-9-12-21(5,15-26-18(4)23)20(24)14-17(3)8-7-11-22(6,25)13-10-19/h8,10,13,16,19,25H,7,9,11-12,14-15H2,1-6H3/b13-10+,17-8+/t19?,21-,22-/m1/s1. The number of esters is 1. The van der Waals surface area contributed by atoms with Gasteiger partial charge in [0.25, 0.3) is 0 Å². The molecule has 0 heterocycles.